The van der Waals surface area contributed by atoms with Crippen LogP contribution in [-0.2, 0) is 9.47 Å². The van der Waals surface area contributed by atoms with Crippen LogP contribution in [0.4, 0.5) is 5.69 Å². The van der Waals surface area contributed by atoms with Crippen LogP contribution >= 0.6 is 0 Å². The summed E-state index contributed by atoms with van der Waals surface area (Å²) in [4.78, 5) is 15.8. The topological polar surface area (TPSA) is 47.9 Å². The van der Waals surface area contributed by atoms with E-state index in [4.69, 9.17) is 9.47 Å². The van der Waals surface area contributed by atoms with Crippen molar-refractivity contribution in [2.45, 2.75) is 26.6 Å². The molecule has 1 aliphatic heterocycles. The third-order valence-electron chi connectivity index (χ3n) is 3.77. The molecule has 0 atom stereocenters. The van der Waals surface area contributed by atoms with Crippen LogP contribution in [0.2, 0.25) is 0 Å². The molecule has 0 saturated carbocycles. The smallest absolute Gasteiger partial charge is 0.245 e. The zero-order valence-corrected chi connectivity index (χ0v) is 15.1. The van der Waals surface area contributed by atoms with Crippen molar-refractivity contribution in [3.8, 4) is 0 Å². The van der Waals surface area contributed by atoms with Gasteiger partial charge in [0.2, 0.25) is 5.79 Å². The molecule has 0 unspecified atom stereocenters. The number of hydrogen-bond acceptors (Lipinski definition) is 4. The lowest BCUT2D eigenvalue weighted by molar-refractivity contribution is -0.149. The molecule has 0 aliphatic carbocycles. The Labute approximate surface area is 153 Å². The first kappa shape index (κ1) is 17.7. The number of ketones is 1. The number of allylic oxidation sites excluding steroid dienone is 2. The predicted octanol–water partition coefficient (Wildman–Crippen LogP) is 5.30. The minimum atomic E-state index is -0.770. The van der Waals surface area contributed by atoms with E-state index in [1.807, 2.05) is 62.4 Å². The van der Waals surface area contributed by atoms with Crippen LogP contribution in [0.5, 0.6) is 0 Å². The van der Waals surface area contributed by atoms with Crippen LogP contribution in [-0.4, -0.2) is 17.8 Å². The van der Waals surface area contributed by atoms with Gasteiger partial charge in [-0.3, -0.25) is 9.79 Å². The maximum Gasteiger partial charge on any atom is 0.245 e. The van der Waals surface area contributed by atoms with Crippen molar-refractivity contribution in [2.75, 3.05) is 0 Å². The molecule has 0 spiro atoms. The Kier molecular flexibility index (Phi) is 5.03. The molecule has 4 heteroatoms. The van der Waals surface area contributed by atoms with Crippen molar-refractivity contribution in [3.05, 3.63) is 83.6 Å². The summed E-state index contributed by atoms with van der Waals surface area (Å²) in [7, 11) is 0. The Hall–Kier alpha value is -3.14. The molecule has 0 aromatic heterocycles. The first-order chi connectivity index (χ1) is 12.4. The van der Waals surface area contributed by atoms with Gasteiger partial charge in [-0.05, 0) is 25.1 Å². The number of rotatable bonds is 4. The Morgan fingerprint density at radius 1 is 1.04 bits per heavy atom. The predicted molar refractivity (Wildman–Crippen MR) is 103 cm³/mol. The zero-order chi connectivity index (χ0) is 18.6. The van der Waals surface area contributed by atoms with Gasteiger partial charge in [-0.25, -0.2) is 0 Å². The van der Waals surface area contributed by atoms with Crippen molar-refractivity contribution in [3.63, 3.8) is 0 Å². The quantitative estimate of drug-likeness (QED) is 0.557. The number of hydrogen-bond donors (Lipinski definition) is 0. The fraction of sp³-hybridized carbons (Fsp3) is 0.182. The lowest BCUT2D eigenvalue weighted by atomic mass is 10.1. The Morgan fingerprint density at radius 3 is 2.54 bits per heavy atom. The standard InChI is InChI=1S/C22H21NO3/c1-16(24)18-10-7-11-19(14-18)23-13-12-20-15-21(26-22(2,3)25-20)17-8-5-4-6-9-17/h4-15H,1-3H3. The number of ether oxygens (including phenoxy) is 2. The lowest BCUT2D eigenvalue weighted by Gasteiger charge is -2.33. The van der Waals surface area contributed by atoms with Crippen molar-refractivity contribution in [1.82, 2.24) is 0 Å². The molecule has 2 aromatic carbocycles. The summed E-state index contributed by atoms with van der Waals surface area (Å²) in [6, 6.07) is 17.1. The highest BCUT2D eigenvalue weighted by Gasteiger charge is 2.28. The van der Waals surface area contributed by atoms with Gasteiger partial charge in [0, 0.05) is 37.3 Å². The summed E-state index contributed by atoms with van der Waals surface area (Å²) < 4.78 is 11.8. The van der Waals surface area contributed by atoms with Crippen molar-refractivity contribution < 1.29 is 14.3 Å². The fourth-order valence-electron chi connectivity index (χ4n) is 2.59. The molecule has 3 rings (SSSR count). The van der Waals surface area contributed by atoms with E-state index in [-0.39, 0.29) is 5.78 Å². The van der Waals surface area contributed by atoms with Gasteiger partial charge in [-0.15, -0.1) is 0 Å². The van der Waals surface area contributed by atoms with Crippen LogP contribution in [0.25, 0.3) is 5.76 Å². The van der Waals surface area contributed by atoms with Gasteiger partial charge in [-0.2, -0.15) is 0 Å². The average molecular weight is 347 g/mol. The van der Waals surface area contributed by atoms with E-state index in [2.05, 4.69) is 4.99 Å². The largest absolute Gasteiger partial charge is 0.453 e. The average Bonchev–Trinajstić information content (AvgIpc) is 2.61. The van der Waals surface area contributed by atoms with E-state index in [1.165, 1.54) is 0 Å². The molecule has 0 saturated heterocycles. The van der Waals surface area contributed by atoms with Crippen LogP contribution in [0.3, 0.4) is 0 Å². The highest BCUT2D eigenvalue weighted by atomic mass is 16.7. The normalized spacial score (nSPS) is 17.5. The third kappa shape index (κ3) is 4.48. The molecule has 2 aromatic rings. The van der Waals surface area contributed by atoms with Gasteiger partial charge in [0.05, 0.1) is 5.69 Å². The van der Waals surface area contributed by atoms with Crippen LogP contribution in [0.1, 0.15) is 36.7 Å². The molecule has 0 amide bonds. The molecule has 1 heterocycles. The molecule has 1 aliphatic rings. The molecule has 0 fully saturated rings. The minimum absolute atomic E-state index is 0.0188. The molecule has 0 N–H and O–H groups in total. The van der Waals surface area contributed by atoms with E-state index in [9.17, 15) is 4.79 Å². The monoisotopic (exact) mass is 347 g/mol. The van der Waals surface area contributed by atoms with E-state index < -0.39 is 5.79 Å². The molecule has 0 bridgehead atoms. The van der Waals surface area contributed by atoms with E-state index in [1.54, 1.807) is 31.3 Å². The fourth-order valence-corrected chi connectivity index (χ4v) is 2.59. The number of carbonyl (C=O) groups excluding carboxylic acids is 1. The molecule has 132 valence electrons. The molecular weight excluding hydrogens is 326 g/mol. The van der Waals surface area contributed by atoms with Crippen LogP contribution in [0, 0.1) is 0 Å². The lowest BCUT2D eigenvalue weighted by Crippen LogP contribution is -2.30. The Bertz CT molecular complexity index is 893. The van der Waals surface area contributed by atoms with Gasteiger partial charge < -0.3 is 9.47 Å². The van der Waals surface area contributed by atoms with Gasteiger partial charge in [0.1, 0.15) is 11.5 Å². The third-order valence-corrected chi connectivity index (χ3v) is 3.77. The van der Waals surface area contributed by atoms with E-state index in [0.717, 1.165) is 11.3 Å². The second-order valence-electron chi connectivity index (χ2n) is 6.43. The van der Waals surface area contributed by atoms with Crippen molar-refractivity contribution in [2.24, 2.45) is 4.99 Å². The molecule has 0 radical (unpaired) electrons. The Morgan fingerprint density at radius 2 is 1.81 bits per heavy atom. The summed E-state index contributed by atoms with van der Waals surface area (Å²) in [5.41, 5.74) is 2.34. The minimum Gasteiger partial charge on any atom is -0.453 e. The van der Waals surface area contributed by atoms with Crippen LogP contribution < -0.4 is 0 Å². The summed E-state index contributed by atoms with van der Waals surface area (Å²) in [6.45, 7) is 5.27. The first-order valence-electron chi connectivity index (χ1n) is 8.43. The van der Waals surface area contributed by atoms with Gasteiger partial charge in [0.25, 0.3) is 0 Å². The number of carbonyl (C=O) groups is 1. The summed E-state index contributed by atoms with van der Waals surface area (Å²) >= 11 is 0. The highest BCUT2D eigenvalue weighted by molar-refractivity contribution is 5.95. The van der Waals surface area contributed by atoms with E-state index >= 15 is 0 Å². The Balaban J connectivity index is 1.85. The van der Waals surface area contributed by atoms with Gasteiger partial charge in [0.15, 0.2) is 5.78 Å². The second-order valence-corrected chi connectivity index (χ2v) is 6.43. The van der Waals surface area contributed by atoms with Crippen LogP contribution in [0.15, 0.2) is 77.5 Å². The number of aliphatic imine (C=N–C) groups is 1. The van der Waals surface area contributed by atoms with Gasteiger partial charge >= 0.3 is 0 Å². The summed E-state index contributed by atoms with van der Waals surface area (Å²) in [5, 5.41) is 0. The number of nitrogens with zero attached hydrogens (tertiary/aromatic N) is 1. The SMILES string of the molecule is CC(=O)c1cccc(N=CC=C2C=C(c3ccccc3)OC(C)(C)O2)c1. The molecule has 4 nitrogen and oxygen atoms in total. The summed E-state index contributed by atoms with van der Waals surface area (Å²) in [5.74, 6) is 0.658. The number of benzene rings is 2. The zero-order valence-electron chi connectivity index (χ0n) is 15.1. The first-order valence-corrected chi connectivity index (χ1v) is 8.43. The second kappa shape index (κ2) is 7.40. The van der Waals surface area contributed by atoms with Crippen molar-refractivity contribution >= 4 is 23.4 Å². The molecular formula is C22H21NO3. The van der Waals surface area contributed by atoms with Crippen molar-refractivity contribution in [1.29, 1.82) is 0 Å². The maximum atomic E-state index is 11.5. The maximum absolute atomic E-state index is 11.5. The highest BCUT2D eigenvalue weighted by Crippen LogP contribution is 2.32. The number of Topliss-reactive ketones (excluding diaryl/α,β-unsaturated/α-hetero) is 1. The molecule has 26 heavy (non-hydrogen) atoms. The van der Waals surface area contributed by atoms with Gasteiger partial charge in [-0.1, -0.05) is 42.5 Å². The van der Waals surface area contributed by atoms with E-state index in [0.29, 0.717) is 17.0 Å². The summed E-state index contributed by atoms with van der Waals surface area (Å²) in [6.07, 6.45) is 5.29.